The maximum Gasteiger partial charge on any atom is 0.407 e. The molecule has 0 saturated heterocycles. The number of aliphatic hydroxyl groups is 1. The first-order chi connectivity index (χ1) is 7.31. The van der Waals surface area contributed by atoms with Gasteiger partial charge in [0.2, 0.25) is 6.54 Å². The van der Waals surface area contributed by atoms with Crippen molar-refractivity contribution in [3.05, 3.63) is 11.4 Å². The van der Waals surface area contributed by atoms with Crippen LogP contribution in [0.3, 0.4) is 0 Å². The van der Waals surface area contributed by atoms with Crippen LogP contribution < -0.4 is 5.32 Å². The molecule has 5 nitrogen and oxygen atoms in total. The third kappa shape index (κ3) is 10.6. The molecule has 5 heteroatoms. The van der Waals surface area contributed by atoms with Gasteiger partial charge in [0, 0.05) is 13.2 Å². The lowest BCUT2D eigenvalue weighted by atomic mass is 10.2. The van der Waals surface area contributed by atoms with Gasteiger partial charge >= 0.3 is 6.09 Å². The number of nitrogens with one attached hydrogen (secondary N) is 1. The number of rotatable bonds is 8. The Bertz CT molecular complexity index is 201. The van der Waals surface area contributed by atoms with Crippen molar-refractivity contribution in [2.45, 2.75) is 25.7 Å². The van der Waals surface area contributed by atoms with Crippen LogP contribution in [0.15, 0.2) is 0 Å². The molecule has 0 aromatic heterocycles. The van der Waals surface area contributed by atoms with Gasteiger partial charge in [0.05, 0.1) is 0 Å². The predicted molar refractivity (Wildman–Crippen MR) is 56.4 cm³/mol. The van der Waals surface area contributed by atoms with E-state index in [-0.39, 0.29) is 19.8 Å². The summed E-state index contributed by atoms with van der Waals surface area (Å²) in [4.78, 5) is 14.0. The van der Waals surface area contributed by atoms with E-state index < -0.39 is 6.09 Å². The zero-order valence-corrected chi connectivity index (χ0v) is 8.87. The quantitative estimate of drug-likeness (QED) is 0.471. The van der Waals surface area contributed by atoms with Crippen LogP contribution in [-0.4, -0.2) is 37.5 Å². The Labute approximate surface area is 90.2 Å². The number of alkyl carbamates (subject to hydrolysis) is 1. The largest absolute Gasteiger partial charge is 0.442 e. The summed E-state index contributed by atoms with van der Waals surface area (Å²) in [6.45, 7) is 7.65. The predicted octanol–water partition coefficient (Wildman–Crippen LogP) is 1.18. The molecule has 0 aliphatic heterocycles. The lowest BCUT2D eigenvalue weighted by Crippen LogP contribution is -2.26. The van der Waals surface area contributed by atoms with Crippen molar-refractivity contribution in [3.63, 3.8) is 0 Å². The van der Waals surface area contributed by atoms with Crippen LogP contribution in [0.5, 0.6) is 0 Å². The maximum absolute atomic E-state index is 10.9. The zero-order chi connectivity index (χ0) is 11.4. The highest BCUT2D eigenvalue weighted by molar-refractivity contribution is 5.66. The summed E-state index contributed by atoms with van der Waals surface area (Å²) in [5, 5.41) is 11.1. The lowest BCUT2D eigenvalue weighted by molar-refractivity contribution is 0.151. The normalized spacial score (nSPS) is 9.33. The smallest absolute Gasteiger partial charge is 0.407 e. The summed E-state index contributed by atoms with van der Waals surface area (Å²) in [7, 11) is 0. The summed E-state index contributed by atoms with van der Waals surface area (Å²) >= 11 is 0. The summed E-state index contributed by atoms with van der Waals surface area (Å²) in [6, 6.07) is 0. The number of hydrogen-bond acceptors (Lipinski definition) is 3. The first-order valence-electron chi connectivity index (χ1n) is 5.16. The molecule has 0 bridgehead atoms. The molecule has 0 unspecified atom stereocenters. The van der Waals surface area contributed by atoms with Gasteiger partial charge in [0.1, 0.15) is 0 Å². The maximum atomic E-state index is 10.9. The van der Waals surface area contributed by atoms with Crippen molar-refractivity contribution >= 4 is 6.09 Å². The molecule has 1 amide bonds. The summed E-state index contributed by atoms with van der Waals surface area (Å²) in [5.74, 6) is 0. The number of ether oxygens (including phenoxy) is 1. The van der Waals surface area contributed by atoms with Crippen molar-refractivity contribution in [2.24, 2.45) is 0 Å². The van der Waals surface area contributed by atoms with E-state index in [9.17, 15) is 4.79 Å². The topological polar surface area (TPSA) is 62.9 Å². The third-order valence-corrected chi connectivity index (χ3v) is 1.79. The minimum atomic E-state index is -0.458. The monoisotopic (exact) mass is 214 g/mol. The Morgan fingerprint density at radius 1 is 1.33 bits per heavy atom. The molecule has 0 aromatic carbocycles. The first-order valence-corrected chi connectivity index (χ1v) is 5.16. The second-order valence-corrected chi connectivity index (χ2v) is 3.08. The number of hydrogen-bond donors (Lipinski definition) is 2. The second kappa shape index (κ2) is 10.8. The Balaban J connectivity index is 3.14. The fourth-order valence-corrected chi connectivity index (χ4v) is 1.02. The average molecular weight is 214 g/mol. The third-order valence-electron chi connectivity index (χ3n) is 1.79. The van der Waals surface area contributed by atoms with E-state index in [2.05, 4.69) is 10.2 Å². The highest BCUT2D eigenvalue weighted by Crippen LogP contribution is 1.97. The molecule has 0 radical (unpaired) electrons. The Morgan fingerprint density at radius 3 is 2.73 bits per heavy atom. The fourth-order valence-electron chi connectivity index (χ4n) is 1.02. The van der Waals surface area contributed by atoms with Gasteiger partial charge in [-0.3, -0.25) is 0 Å². The molecule has 0 fully saturated rings. The van der Waals surface area contributed by atoms with E-state index in [4.69, 9.17) is 16.4 Å². The number of aliphatic hydroxyl groups excluding tert-OH is 1. The number of carbonyl (C=O) groups is 1. The second-order valence-electron chi connectivity index (χ2n) is 3.08. The summed E-state index contributed by atoms with van der Waals surface area (Å²) < 4.78 is 4.71. The van der Waals surface area contributed by atoms with E-state index in [1.165, 1.54) is 0 Å². The first kappa shape index (κ1) is 13.7. The lowest BCUT2D eigenvalue weighted by Gasteiger charge is -2.04. The molecule has 0 aromatic rings. The number of carbonyl (C=O) groups excluding carboxylic acids is 1. The molecule has 15 heavy (non-hydrogen) atoms. The Hall–Kier alpha value is -1.28. The van der Waals surface area contributed by atoms with Crippen LogP contribution in [0.1, 0.15) is 25.7 Å². The van der Waals surface area contributed by atoms with Gasteiger partial charge in [-0.05, 0) is 12.8 Å². The van der Waals surface area contributed by atoms with Gasteiger partial charge in [0.25, 0.3) is 0 Å². The van der Waals surface area contributed by atoms with E-state index in [1.807, 2.05) is 0 Å². The van der Waals surface area contributed by atoms with Gasteiger partial charge in [-0.15, -0.1) is 0 Å². The van der Waals surface area contributed by atoms with Crippen molar-refractivity contribution in [2.75, 3.05) is 26.3 Å². The van der Waals surface area contributed by atoms with Crippen molar-refractivity contribution in [3.8, 4) is 0 Å². The molecule has 0 aliphatic rings. The number of amides is 1. The standard InChI is InChI=1S/C10H18N2O3/c1-11-7-9-15-10(14)12-6-4-2-3-5-8-13/h13H,2-9H2,(H,12,14). The molecule has 0 aliphatic carbocycles. The van der Waals surface area contributed by atoms with Crippen LogP contribution in [0, 0.1) is 6.57 Å². The molecule has 0 heterocycles. The van der Waals surface area contributed by atoms with Crippen LogP contribution in [0.25, 0.3) is 4.85 Å². The molecule has 0 rings (SSSR count). The highest BCUT2D eigenvalue weighted by Gasteiger charge is 2.00. The van der Waals surface area contributed by atoms with Gasteiger partial charge in [-0.1, -0.05) is 12.8 Å². The van der Waals surface area contributed by atoms with Crippen LogP contribution in [-0.2, 0) is 4.74 Å². The number of unbranched alkanes of at least 4 members (excludes halogenated alkanes) is 3. The highest BCUT2D eigenvalue weighted by atomic mass is 16.5. The molecule has 2 N–H and O–H groups in total. The number of nitrogens with zero attached hydrogens (tertiary/aromatic N) is 1. The summed E-state index contributed by atoms with van der Waals surface area (Å²) in [6.07, 6.45) is 3.21. The SMILES string of the molecule is [C-]#[N+]CCOC(=O)NCCCCCCO. The van der Waals surface area contributed by atoms with Crippen molar-refractivity contribution in [1.29, 1.82) is 0 Å². The van der Waals surface area contributed by atoms with E-state index >= 15 is 0 Å². The molecular weight excluding hydrogens is 196 g/mol. The zero-order valence-electron chi connectivity index (χ0n) is 8.87. The molecule has 0 atom stereocenters. The van der Waals surface area contributed by atoms with E-state index in [0.29, 0.717) is 6.54 Å². The molecule has 0 saturated carbocycles. The minimum Gasteiger partial charge on any atom is -0.442 e. The Morgan fingerprint density at radius 2 is 2.07 bits per heavy atom. The van der Waals surface area contributed by atoms with Crippen LogP contribution >= 0.6 is 0 Å². The van der Waals surface area contributed by atoms with Gasteiger partial charge in [-0.2, -0.15) is 0 Å². The van der Waals surface area contributed by atoms with Gasteiger partial charge < -0.3 is 20.0 Å². The molecule has 0 spiro atoms. The molecular formula is C10H18N2O3. The van der Waals surface area contributed by atoms with Crippen molar-refractivity contribution in [1.82, 2.24) is 5.32 Å². The van der Waals surface area contributed by atoms with Crippen molar-refractivity contribution < 1.29 is 14.6 Å². The van der Waals surface area contributed by atoms with E-state index in [1.54, 1.807) is 0 Å². The van der Waals surface area contributed by atoms with Crippen LogP contribution in [0.2, 0.25) is 0 Å². The van der Waals surface area contributed by atoms with Gasteiger partial charge in [-0.25, -0.2) is 11.4 Å². The van der Waals surface area contributed by atoms with E-state index in [0.717, 1.165) is 25.7 Å². The minimum absolute atomic E-state index is 0.153. The molecule has 86 valence electrons. The average Bonchev–Trinajstić information content (AvgIpc) is 2.23. The van der Waals surface area contributed by atoms with Gasteiger partial charge in [0.15, 0.2) is 6.61 Å². The Kier molecular flexibility index (Phi) is 9.88. The van der Waals surface area contributed by atoms with Crippen LogP contribution in [0.4, 0.5) is 4.79 Å². The fraction of sp³-hybridized carbons (Fsp3) is 0.800. The summed E-state index contributed by atoms with van der Waals surface area (Å²) in [5.41, 5.74) is 0.